The van der Waals surface area contributed by atoms with E-state index in [1.807, 2.05) is 24.3 Å². The van der Waals surface area contributed by atoms with Crippen molar-refractivity contribution in [2.24, 2.45) is 0 Å². The number of anilines is 1. The van der Waals surface area contributed by atoms with Crippen molar-refractivity contribution in [1.82, 2.24) is 0 Å². The fourth-order valence-electron chi connectivity index (χ4n) is 2.73. The van der Waals surface area contributed by atoms with E-state index in [-0.39, 0.29) is 0 Å². The van der Waals surface area contributed by atoms with Crippen LogP contribution in [0.1, 0.15) is 21.5 Å². The van der Waals surface area contributed by atoms with E-state index in [1.165, 1.54) is 5.56 Å². The second-order valence-electron chi connectivity index (χ2n) is 5.17. The fraction of sp³-hybridized carbons (Fsp3) is 0.235. The van der Waals surface area contributed by atoms with Crippen LogP contribution in [0.3, 0.4) is 0 Å². The van der Waals surface area contributed by atoms with E-state index in [9.17, 15) is 4.79 Å². The lowest BCUT2D eigenvalue weighted by molar-refractivity contribution is 0.0697. The first-order chi connectivity index (χ1) is 10.2. The third-order valence-electron chi connectivity index (χ3n) is 3.83. The molecular formula is C17H17NO3. The smallest absolute Gasteiger partial charge is 0.335 e. The van der Waals surface area contributed by atoms with E-state index in [2.05, 4.69) is 11.0 Å². The minimum Gasteiger partial charge on any atom is -0.497 e. The van der Waals surface area contributed by atoms with Crippen molar-refractivity contribution >= 4 is 11.7 Å². The van der Waals surface area contributed by atoms with Gasteiger partial charge in [-0.2, -0.15) is 0 Å². The molecule has 0 radical (unpaired) electrons. The zero-order chi connectivity index (χ0) is 14.8. The summed E-state index contributed by atoms with van der Waals surface area (Å²) in [6, 6.07) is 13.3. The van der Waals surface area contributed by atoms with Crippen LogP contribution in [-0.2, 0) is 13.0 Å². The van der Waals surface area contributed by atoms with Crippen LogP contribution in [-0.4, -0.2) is 24.7 Å². The number of hydrogen-bond donors (Lipinski definition) is 1. The number of carbonyl (C=O) groups is 1. The topological polar surface area (TPSA) is 49.8 Å². The molecule has 4 heteroatoms. The Bertz CT molecular complexity index is 681. The van der Waals surface area contributed by atoms with Gasteiger partial charge in [0.1, 0.15) is 5.75 Å². The van der Waals surface area contributed by atoms with E-state index in [1.54, 1.807) is 19.2 Å². The van der Waals surface area contributed by atoms with E-state index >= 15 is 0 Å². The molecular weight excluding hydrogens is 266 g/mol. The molecule has 0 aromatic heterocycles. The lowest BCUT2D eigenvalue weighted by Gasteiger charge is -2.20. The number of rotatable bonds is 4. The molecule has 1 aliphatic heterocycles. The first-order valence-corrected chi connectivity index (χ1v) is 6.91. The average Bonchev–Trinajstić information content (AvgIpc) is 2.90. The first-order valence-electron chi connectivity index (χ1n) is 6.91. The van der Waals surface area contributed by atoms with Crippen LogP contribution < -0.4 is 9.64 Å². The van der Waals surface area contributed by atoms with Gasteiger partial charge in [0.15, 0.2) is 0 Å². The van der Waals surface area contributed by atoms with Crippen LogP contribution in [0.25, 0.3) is 0 Å². The summed E-state index contributed by atoms with van der Waals surface area (Å²) < 4.78 is 5.24. The summed E-state index contributed by atoms with van der Waals surface area (Å²) >= 11 is 0. The van der Waals surface area contributed by atoms with Crippen molar-refractivity contribution in [2.45, 2.75) is 13.0 Å². The largest absolute Gasteiger partial charge is 0.497 e. The maximum absolute atomic E-state index is 11.1. The van der Waals surface area contributed by atoms with E-state index in [0.29, 0.717) is 5.56 Å². The maximum Gasteiger partial charge on any atom is 0.335 e. The molecule has 1 heterocycles. The SMILES string of the molecule is COc1cccc(CN2CCc3ccc(C(=O)O)cc32)c1. The molecule has 2 aromatic rings. The van der Waals surface area contributed by atoms with Crippen LogP contribution in [0.2, 0.25) is 0 Å². The van der Waals surface area contributed by atoms with Crippen LogP contribution in [0.5, 0.6) is 5.75 Å². The van der Waals surface area contributed by atoms with E-state index < -0.39 is 5.97 Å². The molecule has 0 aliphatic carbocycles. The van der Waals surface area contributed by atoms with Gasteiger partial charge in [-0.25, -0.2) is 4.79 Å². The average molecular weight is 283 g/mol. The monoisotopic (exact) mass is 283 g/mol. The number of fused-ring (bicyclic) bond motifs is 1. The predicted octanol–water partition coefficient (Wildman–Crippen LogP) is 2.96. The fourth-order valence-corrected chi connectivity index (χ4v) is 2.73. The van der Waals surface area contributed by atoms with E-state index in [4.69, 9.17) is 9.84 Å². The standard InChI is InChI=1S/C17H17NO3/c1-21-15-4-2-3-12(9-15)11-18-8-7-13-5-6-14(17(19)20)10-16(13)18/h2-6,9-10H,7-8,11H2,1H3,(H,19,20). The van der Waals surface area contributed by atoms with Gasteiger partial charge in [-0.05, 0) is 41.8 Å². The highest BCUT2D eigenvalue weighted by atomic mass is 16.5. The predicted molar refractivity (Wildman–Crippen MR) is 81.1 cm³/mol. The molecule has 0 spiro atoms. The molecule has 2 aromatic carbocycles. The van der Waals surface area contributed by atoms with Crippen molar-refractivity contribution < 1.29 is 14.6 Å². The van der Waals surface area contributed by atoms with Gasteiger partial charge in [0.05, 0.1) is 12.7 Å². The van der Waals surface area contributed by atoms with Crippen molar-refractivity contribution in [2.75, 3.05) is 18.6 Å². The first kappa shape index (κ1) is 13.5. The van der Waals surface area contributed by atoms with Gasteiger partial charge in [-0.1, -0.05) is 18.2 Å². The van der Waals surface area contributed by atoms with Crippen molar-refractivity contribution in [3.63, 3.8) is 0 Å². The Morgan fingerprint density at radius 1 is 1.29 bits per heavy atom. The summed E-state index contributed by atoms with van der Waals surface area (Å²) in [5, 5.41) is 9.13. The number of nitrogens with zero attached hydrogens (tertiary/aromatic N) is 1. The normalized spacial score (nSPS) is 13.1. The second-order valence-corrected chi connectivity index (χ2v) is 5.17. The lowest BCUT2D eigenvalue weighted by Crippen LogP contribution is -2.19. The molecule has 0 atom stereocenters. The number of aromatic carboxylic acids is 1. The van der Waals surface area contributed by atoms with Crippen LogP contribution in [0.15, 0.2) is 42.5 Å². The number of benzene rings is 2. The van der Waals surface area contributed by atoms with Crippen LogP contribution in [0, 0.1) is 0 Å². The highest BCUT2D eigenvalue weighted by Gasteiger charge is 2.20. The van der Waals surface area contributed by atoms with E-state index in [0.717, 1.165) is 36.5 Å². The summed E-state index contributed by atoms with van der Waals surface area (Å²) in [6.45, 7) is 1.67. The summed E-state index contributed by atoms with van der Waals surface area (Å²) in [4.78, 5) is 13.3. The zero-order valence-electron chi connectivity index (χ0n) is 11.9. The second kappa shape index (κ2) is 5.48. The molecule has 108 valence electrons. The molecule has 4 nitrogen and oxygen atoms in total. The molecule has 1 aliphatic rings. The van der Waals surface area contributed by atoms with Gasteiger partial charge >= 0.3 is 5.97 Å². The Morgan fingerprint density at radius 3 is 2.90 bits per heavy atom. The summed E-state index contributed by atoms with van der Waals surface area (Å²) in [5.41, 5.74) is 3.73. The van der Waals surface area contributed by atoms with Gasteiger partial charge in [-0.3, -0.25) is 0 Å². The van der Waals surface area contributed by atoms with Gasteiger partial charge < -0.3 is 14.7 Å². The molecule has 1 N–H and O–H groups in total. The molecule has 0 saturated carbocycles. The molecule has 3 rings (SSSR count). The minimum atomic E-state index is -0.883. The Morgan fingerprint density at radius 2 is 2.14 bits per heavy atom. The highest BCUT2D eigenvalue weighted by molar-refractivity contribution is 5.89. The molecule has 0 amide bonds. The molecule has 0 bridgehead atoms. The summed E-state index contributed by atoms with van der Waals surface area (Å²) in [6.07, 6.45) is 0.958. The highest BCUT2D eigenvalue weighted by Crippen LogP contribution is 2.30. The lowest BCUT2D eigenvalue weighted by atomic mass is 10.1. The number of hydrogen-bond acceptors (Lipinski definition) is 3. The molecule has 0 fully saturated rings. The third kappa shape index (κ3) is 2.70. The van der Waals surface area contributed by atoms with Gasteiger partial charge in [0.2, 0.25) is 0 Å². The van der Waals surface area contributed by atoms with Crippen LogP contribution >= 0.6 is 0 Å². The number of carboxylic acid groups (broad SMARTS) is 1. The number of ether oxygens (including phenoxy) is 1. The minimum absolute atomic E-state index is 0.339. The van der Waals surface area contributed by atoms with Gasteiger partial charge in [0, 0.05) is 18.8 Å². The van der Waals surface area contributed by atoms with Crippen molar-refractivity contribution in [1.29, 1.82) is 0 Å². The third-order valence-corrected chi connectivity index (χ3v) is 3.83. The Hall–Kier alpha value is -2.49. The number of methoxy groups -OCH3 is 1. The number of carboxylic acids is 1. The quantitative estimate of drug-likeness (QED) is 0.937. The Labute approximate surface area is 123 Å². The van der Waals surface area contributed by atoms with Gasteiger partial charge in [-0.15, -0.1) is 0 Å². The summed E-state index contributed by atoms with van der Waals surface area (Å²) in [5.74, 6) is -0.0442. The van der Waals surface area contributed by atoms with Crippen molar-refractivity contribution in [3.05, 3.63) is 59.2 Å². The zero-order valence-corrected chi connectivity index (χ0v) is 11.9. The Kier molecular flexibility index (Phi) is 3.52. The Balaban J connectivity index is 1.86. The molecule has 0 unspecified atom stereocenters. The maximum atomic E-state index is 11.1. The molecule has 0 saturated heterocycles. The molecule has 21 heavy (non-hydrogen) atoms. The summed E-state index contributed by atoms with van der Waals surface area (Å²) in [7, 11) is 1.66. The van der Waals surface area contributed by atoms with Gasteiger partial charge in [0.25, 0.3) is 0 Å². The van der Waals surface area contributed by atoms with Crippen LogP contribution in [0.4, 0.5) is 5.69 Å². The van der Waals surface area contributed by atoms with Crippen molar-refractivity contribution in [3.8, 4) is 5.75 Å².